The van der Waals surface area contributed by atoms with Crippen molar-refractivity contribution in [2.24, 2.45) is 0 Å². The number of methoxy groups -OCH3 is 1. The highest BCUT2D eigenvalue weighted by Gasteiger charge is 2.14. The maximum Gasteiger partial charge on any atom is 0.231 e. The van der Waals surface area contributed by atoms with Crippen LogP contribution in [0.2, 0.25) is 0 Å². The molecule has 0 fully saturated rings. The molecule has 0 spiro atoms. The molecule has 0 aliphatic rings. The van der Waals surface area contributed by atoms with E-state index in [1.165, 1.54) is 7.11 Å². The zero-order chi connectivity index (χ0) is 21.8. The fraction of sp³-hybridized carbons (Fsp3) is 0.120. The summed E-state index contributed by atoms with van der Waals surface area (Å²) in [7, 11) is 1.49. The Hall–Kier alpha value is -4.42. The summed E-state index contributed by atoms with van der Waals surface area (Å²) < 4.78 is 5.14. The zero-order valence-corrected chi connectivity index (χ0v) is 17.1. The van der Waals surface area contributed by atoms with Gasteiger partial charge < -0.3 is 10.1 Å². The summed E-state index contributed by atoms with van der Waals surface area (Å²) in [6.45, 7) is 2.05. The number of nitrogens with one attached hydrogen (secondary N) is 1. The van der Waals surface area contributed by atoms with Crippen LogP contribution in [0.1, 0.15) is 29.7 Å². The molecule has 0 bridgehead atoms. The molecule has 6 heteroatoms. The van der Waals surface area contributed by atoms with Crippen LogP contribution in [0.15, 0.2) is 67.0 Å². The molecule has 0 radical (unpaired) electrons. The Bertz CT molecular complexity index is 1340. The Labute approximate surface area is 180 Å². The Balaban J connectivity index is 1.83. The first-order chi connectivity index (χ1) is 15.1. The average Bonchev–Trinajstić information content (AvgIpc) is 2.84. The molecular weight excluding hydrogens is 386 g/mol. The third kappa shape index (κ3) is 3.88. The Morgan fingerprint density at radius 1 is 0.903 bits per heavy atom. The number of anilines is 1. The van der Waals surface area contributed by atoms with Gasteiger partial charge in [0.05, 0.1) is 23.9 Å². The number of ether oxygens (including phenoxy) is 1. The third-order valence-corrected chi connectivity index (χ3v) is 5.15. The summed E-state index contributed by atoms with van der Waals surface area (Å²) in [6.07, 6.45) is 3.26. The normalized spacial score (nSPS) is 11.4. The van der Waals surface area contributed by atoms with E-state index in [4.69, 9.17) is 4.74 Å². The van der Waals surface area contributed by atoms with Crippen LogP contribution < -0.4 is 10.1 Å². The number of hydrogen-bond acceptors (Lipinski definition) is 6. The molecule has 6 nitrogen and oxygen atoms in total. The van der Waals surface area contributed by atoms with Crippen LogP contribution in [0.3, 0.4) is 0 Å². The topological polar surface area (TPSA) is 94.6 Å². The van der Waals surface area contributed by atoms with Crippen molar-refractivity contribution in [1.82, 2.24) is 9.97 Å². The summed E-state index contributed by atoms with van der Waals surface area (Å²) in [4.78, 5) is 8.68. The summed E-state index contributed by atoms with van der Waals surface area (Å²) in [5, 5.41) is 23.4. The van der Waals surface area contributed by atoms with Crippen LogP contribution in [-0.2, 0) is 0 Å². The van der Waals surface area contributed by atoms with Gasteiger partial charge in [0.15, 0.2) is 0 Å². The molecule has 0 amide bonds. The predicted octanol–water partition coefficient (Wildman–Crippen LogP) is 5.22. The fourth-order valence-corrected chi connectivity index (χ4v) is 3.51. The average molecular weight is 405 g/mol. The lowest BCUT2D eigenvalue weighted by Gasteiger charge is -2.18. The van der Waals surface area contributed by atoms with Crippen LogP contribution in [0.25, 0.3) is 22.0 Å². The van der Waals surface area contributed by atoms with E-state index >= 15 is 0 Å². The molecule has 2 heterocycles. The van der Waals surface area contributed by atoms with E-state index in [0.717, 1.165) is 33.3 Å². The first-order valence-electron chi connectivity index (χ1n) is 9.73. The van der Waals surface area contributed by atoms with Crippen molar-refractivity contribution in [3.05, 3.63) is 83.7 Å². The lowest BCUT2D eigenvalue weighted by molar-refractivity contribution is 0.396. The molecule has 2 aromatic carbocycles. The van der Waals surface area contributed by atoms with Gasteiger partial charge in [-0.05, 0) is 36.2 Å². The third-order valence-electron chi connectivity index (χ3n) is 5.15. The number of fused-ring (bicyclic) bond motifs is 1. The van der Waals surface area contributed by atoms with Crippen LogP contribution in [-0.4, -0.2) is 17.1 Å². The van der Waals surface area contributed by atoms with E-state index in [1.54, 1.807) is 18.5 Å². The Kier molecular flexibility index (Phi) is 5.47. The van der Waals surface area contributed by atoms with Crippen molar-refractivity contribution in [2.75, 3.05) is 12.4 Å². The number of hydrogen-bond donors (Lipinski definition) is 1. The number of rotatable bonds is 5. The molecule has 2 aromatic heterocycles. The first-order valence-corrected chi connectivity index (χ1v) is 9.73. The molecule has 0 aliphatic carbocycles. The highest BCUT2D eigenvalue weighted by atomic mass is 16.5. The fourth-order valence-electron chi connectivity index (χ4n) is 3.51. The summed E-state index contributed by atoms with van der Waals surface area (Å²) in [6, 6.07) is 21.9. The van der Waals surface area contributed by atoms with Gasteiger partial charge in [-0.25, -0.2) is 4.98 Å². The van der Waals surface area contributed by atoms with Gasteiger partial charge in [-0.2, -0.15) is 10.5 Å². The minimum absolute atomic E-state index is 0.00426. The summed E-state index contributed by atoms with van der Waals surface area (Å²) in [5.74, 6) is 0.291. The van der Waals surface area contributed by atoms with Gasteiger partial charge in [-0.3, -0.25) is 4.98 Å². The van der Waals surface area contributed by atoms with Crippen LogP contribution in [0.5, 0.6) is 5.88 Å². The second-order valence-electron chi connectivity index (χ2n) is 7.06. The smallest absolute Gasteiger partial charge is 0.231 e. The van der Waals surface area contributed by atoms with Crippen LogP contribution >= 0.6 is 0 Å². The molecule has 31 heavy (non-hydrogen) atoms. The summed E-state index contributed by atoms with van der Waals surface area (Å²) >= 11 is 0. The van der Waals surface area contributed by atoms with Crippen LogP contribution in [0.4, 0.5) is 5.69 Å². The number of pyridine rings is 2. The molecule has 0 saturated carbocycles. The maximum atomic E-state index is 9.68. The number of nitrogens with zero attached hydrogens (tertiary/aromatic N) is 4. The second-order valence-corrected chi connectivity index (χ2v) is 7.06. The van der Waals surface area contributed by atoms with Crippen molar-refractivity contribution in [2.45, 2.75) is 13.0 Å². The molecular formula is C25H19N5O. The predicted molar refractivity (Wildman–Crippen MR) is 119 cm³/mol. The number of nitriles is 2. The lowest BCUT2D eigenvalue weighted by Crippen LogP contribution is -2.08. The highest BCUT2D eigenvalue weighted by molar-refractivity contribution is 5.96. The maximum absolute atomic E-state index is 9.68. The standard InChI is InChI=1S/C25H19N5O/c1-16(17-6-4-3-5-7-17)30-24-21(13-27)15-28-23-9-8-18(11-22(23)24)20-10-19(12-26)25(31-2)29-14-20/h3-11,14-16H,1-2H3,(H,28,30). The van der Waals surface area contributed by atoms with E-state index < -0.39 is 0 Å². The van der Waals surface area contributed by atoms with Crippen molar-refractivity contribution < 1.29 is 4.74 Å². The molecule has 4 aromatic rings. The molecule has 0 saturated heterocycles. The second kappa shape index (κ2) is 8.52. The molecule has 1 unspecified atom stereocenters. The largest absolute Gasteiger partial charge is 0.480 e. The molecule has 1 N–H and O–H groups in total. The monoisotopic (exact) mass is 405 g/mol. The molecule has 0 aliphatic heterocycles. The van der Waals surface area contributed by atoms with Gasteiger partial charge in [0.1, 0.15) is 17.7 Å². The van der Waals surface area contributed by atoms with E-state index in [-0.39, 0.29) is 6.04 Å². The van der Waals surface area contributed by atoms with Gasteiger partial charge in [0.2, 0.25) is 5.88 Å². The van der Waals surface area contributed by atoms with E-state index in [0.29, 0.717) is 17.0 Å². The van der Waals surface area contributed by atoms with Crippen molar-refractivity contribution in [3.63, 3.8) is 0 Å². The van der Waals surface area contributed by atoms with E-state index in [2.05, 4.69) is 34.3 Å². The van der Waals surface area contributed by atoms with E-state index in [1.807, 2.05) is 48.5 Å². The SMILES string of the molecule is COc1ncc(-c2ccc3ncc(C#N)c(NC(C)c4ccccc4)c3c2)cc1C#N. The first kappa shape index (κ1) is 19.9. The highest BCUT2D eigenvalue weighted by Crippen LogP contribution is 2.33. The van der Waals surface area contributed by atoms with Crippen molar-refractivity contribution in [1.29, 1.82) is 10.5 Å². The van der Waals surface area contributed by atoms with Gasteiger partial charge in [-0.1, -0.05) is 36.4 Å². The van der Waals surface area contributed by atoms with Crippen molar-refractivity contribution >= 4 is 16.6 Å². The zero-order valence-electron chi connectivity index (χ0n) is 17.1. The lowest BCUT2D eigenvalue weighted by atomic mass is 10.0. The van der Waals surface area contributed by atoms with Crippen LogP contribution in [0, 0.1) is 22.7 Å². The van der Waals surface area contributed by atoms with E-state index in [9.17, 15) is 10.5 Å². The van der Waals surface area contributed by atoms with Crippen molar-refractivity contribution in [3.8, 4) is 29.1 Å². The van der Waals surface area contributed by atoms with Gasteiger partial charge in [0, 0.05) is 29.4 Å². The molecule has 4 rings (SSSR count). The van der Waals surface area contributed by atoms with Gasteiger partial charge in [0.25, 0.3) is 0 Å². The minimum atomic E-state index is -0.00426. The quantitative estimate of drug-likeness (QED) is 0.489. The Morgan fingerprint density at radius 2 is 1.68 bits per heavy atom. The van der Waals surface area contributed by atoms with Gasteiger partial charge in [-0.15, -0.1) is 0 Å². The molecule has 150 valence electrons. The van der Waals surface area contributed by atoms with Gasteiger partial charge >= 0.3 is 0 Å². The Morgan fingerprint density at radius 3 is 2.39 bits per heavy atom. The number of aromatic nitrogens is 2. The number of benzene rings is 2. The molecule has 1 atom stereocenters. The minimum Gasteiger partial charge on any atom is -0.480 e. The summed E-state index contributed by atoms with van der Waals surface area (Å²) in [5.41, 5.74) is 5.10.